The number of allylic oxidation sites excluding steroid dienone is 1. The number of fused-ring (bicyclic) bond motifs is 1. The van der Waals surface area contributed by atoms with Gasteiger partial charge in [0.25, 0.3) is 0 Å². The average molecular weight is 378 g/mol. The van der Waals surface area contributed by atoms with Crippen molar-refractivity contribution in [1.29, 1.82) is 0 Å². The van der Waals surface area contributed by atoms with Crippen molar-refractivity contribution in [3.8, 4) is 0 Å². The minimum Gasteiger partial charge on any atom is -0.508 e. The second-order valence-corrected chi connectivity index (χ2v) is 7.68. The van der Waals surface area contributed by atoms with Crippen LogP contribution in [0.25, 0.3) is 5.57 Å². The molecule has 0 bridgehead atoms. The van der Waals surface area contributed by atoms with Crippen LogP contribution in [0.2, 0.25) is 0 Å². The number of anilines is 2. The van der Waals surface area contributed by atoms with Crippen molar-refractivity contribution in [2.45, 2.75) is 20.4 Å². The fourth-order valence-electron chi connectivity index (χ4n) is 3.51. The maximum atomic E-state index is 15.0. The van der Waals surface area contributed by atoms with Crippen LogP contribution in [-0.4, -0.2) is 18.7 Å². The third-order valence-electron chi connectivity index (χ3n) is 4.86. The Morgan fingerprint density at radius 1 is 1.21 bits per heavy atom. The summed E-state index contributed by atoms with van der Waals surface area (Å²) in [6.07, 6.45) is 1.85. The van der Waals surface area contributed by atoms with Gasteiger partial charge in [-0.15, -0.1) is 0 Å². The highest BCUT2D eigenvalue weighted by Gasteiger charge is 2.25. The summed E-state index contributed by atoms with van der Waals surface area (Å²) in [7, 11) is 1.89. The van der Waals surface area contributed by atoms with Crippen LogP contribution in [0.3, 0.4) is 0 Å². The predicted molar refractivity (Wildman–Crippen MR) is 116 cm³/mol. The summed E-state index contributed by atoms with van der Waals surface area (Å²) < 4.78 is 15.0. The second kappa shape index (κ2) is 7.93. The molecule has 0 aliphatic carbocycles. The van der Waals surface area contributed by atoms with Gasteiger partial charge in [0.15, 0.2) is 0 Å². The van der Waals surface area contributed by atoms with Gasteiger partial charge in [-0.1, -0.05) is 57.3 Å². The van der Waals surface area contributed by atoms with E-state index in [9.17, 15) is 5.11 Å². The van der Waals surface area contributed by atoms with E-state index in [1.165, 1.54) is 6.07 Å². The van der Waals surface area contributed by atoms with E-state index >= 15 is 4.39 Å². The van der Waals surface area contributed by atoms with Gasteiger partial charge in [0.2, 0.25) is 0 Å². The van der Waals surface area contributed by atoms with Gasteiger partial charge in [0.1, 0.15) is 11.6 Å². The normalized spacial score (nSPS) is 13.4. The monoisotopic (exact) mass is 378 g/mol. The van der Waals surface area contributed by atoms with Crippen LogP contribution >= 0.6 is 0 Å². The molecular formula is C24H27FN2O. The molecule has 0 amide bonds. The highest BCUT2D eigenvalue weighted by Crippen LogP contribution is 2.41. The van der Waals surface area contributed by atoms with Crippen molar-refractivity contribution in [1.82, 2.24) is 0 Å². The maximum absolute atomic E-state index is 15.0. The van der Waals surface area contributed by atoms with Gasteiger partial charge in [-0.05, 0) is 29.2 Å². The van der Waals surface area contributed by atoms with Crippen molar-refractivity contribution < 1.29 is 9.50 Å². The van der Waals surface area contributed by atoms with Gasteiger partial charge < -0.3 is 14.9 Å². The zero-order valence-electron chi connectivity index (χ0n) is 16.7. The van der Waals surface area contributed by atoms with E-state index < -0.39 is 0 Å². The Morgan fingerprint density at radius 2 is 1.89 bits per heavy atom. The second-order valence-electron chi connectivity index (χ2n) is 7.68. The lowest BCUT2D eigenvalue weighted by Crippen LogP contribution is -2.27. The van der Waals surface area contributed by atoms with Crippen LogP contribution in [0, 0.1) is 11.7 Å². The van der Waals surface area contributed by atoms with Gasteiger partial charge in [-0.25, -0.2) is 4.39 Å². The average Bonchev–Trinajstić information content (AvgIpc) is 2.64. The van der Waals surface area contributed by atoms with Gasteiger partial charge >= 0.3 is 0 Å². The lowest BCUT2D eigenvalue weighted by Gasteiger charge is -2.33. The first-order valence-electron chi connectivity index (χ1n) is 9.43. The number of rotatable bonds is 6. The number of benzene rings is 2. The molecule has 0 atom stereocenters. The van der Waals surface area contributed by atoms with Crippen LogP contribution in [-0.2, 0) is 6.54 Å². The quantitative estimate of drug-likeness (QED) is 0.633. The van der Waals surface area contributed by atoms with Gasteiger partial charge in [-0.3, -0.25) is 0 Å². The predicted octanol–water partition coefficient (Wildman–Crippen LogP) is 5.91. The topological polar surface area (TPSA) is 26.7 Å². The van der Waals surface area contributed by atoms with Crippen molar-refractivity contribution in [3.63, 3.8) is 0 Å². The smallest absolute Gasteiger partial charge is 0.147 e. The molecule has 0 unspecified atom stereocenters. The van der Waals surface area contributed by atoms with Crippen LogP contribution in [0.1, 0.15) is 25.0 Å². The van der Waals surface area contributed by atoms with Crippen molar-refractivity contribution >= 4 is 16.9 Å². The largest absolute Gasteiger partial charge is 0.508 e. The summed E-state index contributed by atoms with van der Waals surface area (Å²) >= 11 is 0. The summed E-state index contributed by atoms with van der Waals surface area (Å²) in [5.74, 6) is 0.0157. The molecule has 2 aromatic carbocycles. The minimum absolute atomic E-state index is 0.0601. The van der Waals surface area contributed by atoms with E-state index in [2.05, 4.69) is 27.0 Å². The lowest BCUT2D eigenvalue weighted by atomic mass is 9.92. The highest BCUT2D eigenvalue weighted by molar-refractivity contribution is 5.92. The molecule has 1 aliphatic heterocycles. The zero-order valence-corrected chi connectivity index (χ0v) is 16.7. The number of hydrogen-bond donors (Lipinski definition) is 1. The van der Waals surface area contributed by atoms with E-state index in [1.54, 1.807) is 0 Å². The standard InChI is InChI=1S/C24H27FN2O/c1-16(2)13-27-15-21(18(4)28)17(3)20-11-22(25)24(12-23(20)27)26(5)14-19-9-7-6-8-10-19/h6-12,15-16,28H,3-4,13-14H2,1-2,5H3. The number of aliphatic hydroxyl groups excluding tert-OH is 1. The molecule has 0 radical (unpaired) electrons. The molecular weight excluding hydrogens is 351 g/mol. The number of aliphatic hydroxyl groups is 1. The molecule has 0 aromatic heterocycles. The molecule has 4 heteroatoms. The molecule has 0 fully saturated rings. The Balaban J connectivity index is 2.02. The lowest BCUT2D eigenvalue weighted by molar-refractivity contribution is 0.429. The number of hydrogen-bond acceptors (Lipinski definition) is 3. The summed E-state index contributed by atoms with van der Waals surface area (Å²) in [5.41, 5.74) is 4.34. The minimum atomic E-state index is -0.312. The molecule has 0 spiro atoms. The zero-order chi connectivity index (χ0) is 20.4. The third-order valence-corrected chi connectivity index (χ3v) is 4.86. The third kappa shape index (κ3) is 3.96. The molecule has 3 nitrogen and oxygen atoms in total. The highest BCUT2D eigenvalue weighted by atomic mass is 19.1. The summed E-state index contributed by atoms with van der Waals surface area (Å²) in [4.78, 5) is 3.95. The van der Waals surface area contributed by atoms with Crippen LogP contribution in [0.4, 0.5) is 15.8 Å². The molecule has 3 rings (SSSR count). The Hall–Kier alpha value is -3.01. The van der Waals surface area contributed by atoms with Crippen LogP contribution in [0.5, 0.6) is 0 Å². The maximum Gasteiger partial charge on any atom is 0.147 e. The van der Waals surface area contributed by atoms with Crippen molar-refractivity contribution in [3.05, 3.63) is 90.1 Å². The molecule has 1 N–H and O–H groups in total. The van der Waals surface area contributed by atoms with Crippen molar-refractivity contribution in [2.24, 2.45) is 5.92 Å². The van der Waals surface area contributed by atoms with E-state index in [1.807, 2.05) is 59.4 Å². The SMILES string of the molecule is C=C(O)C1=CN(CC(C)C)c2cc(N(C)Cc3ccccc3)c(F)cc2C1=C. The first-order valence-corrected chi connectivity index (χ1v) is 9.43. The Kier molecular flexibility index (Phi) is 5.59. The molecule has 0 saturated carbocycles. The Labute approximate surface area is 166 Å². The molecule has 1 aliphatic rings. The van der Waals surface area contributed by atoms with E-state index in [0.29, 0.717) is 34.9 Å². The molecule has 28 heavy (non-hydrogen) atoms. The summed E-state index contributed by atoms with van der Waals surface area (Å²) in [6, 6.07) is 13.4. The fourth-order valence-corrected chi connectivity index (χ4v) is 3.51. The molecule has 2 aromatic rings. The number of halogens is 1. The first kappa shape index (κ1) is 19.7. The van der Waals surface area contributed by atoms with Gasteiger partial charge in [-0.2, -0.15) is 0 Å². The van der Waals surface area contributed by atoms with E-state index in [-0.39, 0.29) is 11.6 Å². The van der Waals surface area contributed by atoms with Crippen LogP contribution in [0.15, 0.2) is 73.2 Å². The Bertz CT molecular complexity index is 931. The molecule has 146 valence electrons. The van der Waals surface area contributed by atoms with Crippen molar-refractivity contribution in [2.75, 3.05) is 23.4 Å². The van der Waals surface area contributed by atoms with Gasteiger partial charge in [0, 0.05) is 37.5 Å². The summed E-state index contributed by atoms with van der Waals surface area (Å²) in [5, 5.41) is 9.95. The molecule has 1 heterocycles. The van der Waals surface area contributed by atoms with Crippen LogP contribution < -0.4 is 9.80 Å². The number of nitrogens with zero attached hydrogens (tertiary/aromatic N) is 2. The van der Waals surface area contributed by atoms with E-state index in [4.69, 9.17) is 0 Å². The molecule has 0 saturated heterocycles. The first-order chi connectivity index (χ1) is 13.3. The summed E-state index contributed by atoms with van der Waals surface area (Å²) in [6.45, 7) is 13.3. The van der Waals surface area contributed by atoms with E-state index in [0.717, 1.165) is 17.8 Å². The fraction of sp³-hybridized carbons (Fsp3) is 0.250. The Morgan fingerprint density at radius 3 is 2.50 bits per heavy atom. The van der Waals surface area contributed by atoms with Gasteiger partial charge in [0.05, 0.1) is 11.4 Å².